The summed E-state index contributed by atoms with van der Waals surface area (Å²) in [7, 11) is 0. The van der Waals surface area contributed by atoms with Crippen LogP contribution in [0.5, 0.6) is 5.75 Å². The van der Waals surface area contributed by atoms with E-state index < -0.39 is 0 Å². The van der Waals surface area contributed by atoms with Crippen LogP contribution in [0, 0.1) is 29.6 Å². The van der Waals surface area contributed by atoms with Crippen LogP contribution in [-0.4, -0.2) is 6.61 Å². The van der Waals surface area contributed by atoms with E-state index in [1.165, 1.54) is 77.0 Å². The van der Waals surface area contributed by atoms with Crippen molar-refractivity contribution in [2.75, 3.05) is 6.61 Å². The van der Waals surface area contributed by atoms with Gasteiger partial charge in [-0.2, -0.15) is 0 Å². The van der Waals surface area contributed by atoms with Crippen LogP contribution in [-0.2, 0) is 0 Å². The number of fused-ring (bicyclic) bond motifs is 1. The Morgan fingerprint density at radius 1 is 0.600 bits per heavy atom. The highest BCUT2D eigenvalue weighted by molar-refractivity contribution is 5.30. The highest BCUT2D eigenvalue weighted by Crippen LogP contribution is 2.49. The smallest absolute Gasteiger partial charge is 0.119 e. The Morgan fingerprint density at radius 2 is 1.23 bits per heavy atom. The Bertz CT molecular complexity index is 685. The van der Waals surface area contributed by atoms with Crippen molar-refractivity contribution in [2.45, 2.75) is 142 Å². The zero-order valence-corrected chi connectivity index (χ0v) is 23.3. The summed E-state index contributed by atoms with van der Waals surface area (Å²) in [4.78, 5) is 0. The molecule has 35 heavy (non-hydrogen) atoms. The number of hydrogen-bond donors (Lipinski definition) is 0. The average molecular weight is 481 g/mol. The fourth-order valence-electron chi connectivity index (χ4n) is 7.92. The third kappa shape index (κ3) is 8.53. The number of rotatable bonds is 13. The lowest BCUT2D eigenvalue weighted by Crippen LogP contribution is -2.30. The number of ether oxygens (including phenoxy) is 1. The summed E-state index contributed by atoms with van der Waals surface area (Å²) in [6.07, 6.45) is 28.0. The van der Waals surface area contributed by atoms with E-state index >= 15 is 0 Å². The largest absolute Gasteiger partial charge is 0.494 e. The molecule has 0 spiro atoms. The Morgan fingerprint density at radius 3 is 1.97 bits per heavy atom. The molecule has 4 rings (SSSR count). The highest BCUT2D eigenvalue weighted by Gasteiger charge is 2.36. The Balaban J connectivity index is 1.11. The summed E-state index contributed by atoms with van der Waals surface area (Å²) in [5.74, 6) is 7.02. The molecule has 0 aromatic heterocycles. The summed E-state index contributed by atoms with van der Waals surface area (Å²) in [6.45, 7) is 5.32. The zero-order chi connectivity index (χ0) is 24.3. The maximum absolute atomic E-state index is 5.79. The van der Waals surface area contributed by atoms with Crippen LogP contribution in [0.1, 0.15) is 147 Å². The van der Waals surface area contributed by atoms with E-state index in [0.29, 0.717) is 0 Å². The lowest BCUT2D eigenvalue weighted by Gasteiger charge is -2.43. The van der Waals surface area contributed by atoms with E-state index in [-0.39, 0.29) is 0 Å². The van der Waals surface area contributed by atoms with Gasteiger partial charge in [0, 0.05) is 0 Å². The molecule has 0 amide bonds. The molecular weight excluding hydrogens is 424 g/mol. The fraction of sp³-hybridized carbons (Fsp3) is 0.824. The van der Waals surface area contributed by atoms with Gasteiger partial charge >= 0.3 is 0 Å². The summed E-state index contributed by atoms with van der Waals surface area (Å²) < 4.78 is 5.79. The average Bonchev–Trinajstić information content (AvgIpc) is 2.91. The van der Waals surface area contributed by atoms with E-state index in [4.69, 9.17) is 4.74 Å². The van der Waals surface area contributed by atoms with Gasteiger partial charge in [0.05, 0.1) is 6.61 Å². The van der Waals surface area contributed by atoms with Crippen LogP contribution in [0.2, 0.25) is 0 Å². The van der Waals surface area contributed by atoms with Gasteiger partial charge in [-0.25, -0.2) is 0 Å². The van der Waals surface area contributed by atoms with Gasteiger partial charge in [-0.3, -0.25) is 0 Å². The van der Waals surface area contributed by atoms with Crippen LogP contribution in [0.3, 0.4) is 0 Å². The molecule has 1 nitrogen and oxygen atoms in total. The molecule has 3 saturated carbocycles. The van der Waals surface area contributed by atoms with Crippen molar-refractivity contribution in [3.8, 4) is 5.75 Å². The van der Waals surface area contributed by atoms with Gasteiger partial charge in [0.15, 0.2) is 0 Å². The first-order chi connectivity index (χ1) is 17.2. The molecule has 3 fully saturated rings. The van der Waals surface area contributed by atoms with Gasteiger partial charge in [0.25, 0.3) is 0 Å². The predicted octanol–water partition coefficient (Wildman–Crippen LogP) is 10.7. The molecule has 1 heteroatoms. The van der Waals surface area contributed by atoms with Crippen molar-refractivity contribution < 1.29 is 4.74 Å². The quantitative estimate of drug-likeness (QED) is 0.255. The van der Waals surface area contributed by atoms with Crippen molar-refractivity contribution in [1.29, 1.82) is 0 Å². The molecule has 0 bridgehead atoms. The second kappa shape index (κ2) is 14.7. The van der Waals surface area contributed by atoms with Crippen molar-refractivity contribution in [2.24, 2.45) is 29.6 Å². The predicted molar refractivity (Wildman–Crippen MR) is 151 cm³/mol. The first kappa shape index (κ1) is 27.1. The monoisotopic (exact) mass is 480 g/mol. The van der Waals surface area contributed by atoms with Crippen molar-refractivity contribution in [1.82, 2.24) is 0 Å². The van der Waals surface area contributed by atoms with E-state index in [0.717, 1.165) is 54.3 Å². The standard InChI is InChI=1S/C34H56O/c1-3-5-6-7-8-9-27-10-12-28(13-11-27)14-15-29-16-17-33-26-32(19-18-31(33)25-29)30-20-22-34(23-21-30)35-24-4-2/h20-23,27-29,31-33H,3-19,24-26H2,1-2H3. The molecule has 0 saturated heterocycles. The lowest BCUT2D eigenvalue weighted by molar-refractivity contribution is 0.108. The minimum atomic E-state index is 0.787. The zero-order valence-electron chi connectivity index (χ0n) is 23.3. The van der Waals surface area contributed by atoms with Gasteiger partial charge in [0.2, 0.25) is 0 Å². The molecule has 3 aliphatic rings. The normalized spacial score (nSPS) is 31.1. The van der Waals surface area contributed by atoms with Gasteiger partial charge in [0.1, 0.15) is 5.75 Å². The maximum atomic E-state index is 5.79. The van der Waals surface area contributed by atoms with E-state index in [1.54, 1.807) is 44.1 Å². The van der Waals surface area contributed by atoms with Gasteiger partial charge < -0.3 is 4.74 Å². The third-order valence-corrected chi connectivity index (χ3v) is 10.2. The fourth-order valence-corrected chi connectivity index (χ4v) is 7.92. The maximum Gasteiger partial charge on any atom is 0.119 e. The minimum absolute atomic E-state index is 0.787. The van der Waals surface area contributed by atoms with Crippen molar-refractivity contribution >= 4 is 0 Å². The number of hydrogen-bond acceptors (Lipinski definition) is 1. The lowest BCUT2D eigenvalue weighted by atomic mass is 9.63. The van der Waals surface area contributed by atoms with E-state index in [1.807, 2.05) is 0 Å². The molecule has 1 aromatic rings. The molecule has 1 aromatic carbocycles. The molecule has 198 valence electrons. The molecule has 4 atom stereocenters. The molecule has 0 radical (unpaired) electrons. The molecule has 3 aliphatic carbocycles. The summed E-state index contributed by atoms with van der Waals surface area (Å²) in [6, 6.07) is 9.11. The van der Waals surface area contributed by atoms with E-state index in [9.17, 15) is 0 Å². The molecule has 4 unspecified atom stereocenters. The summed E-state index contributed by atoms with van der Waals surface area (Å²) in [5.41, 5.74) is 1.56. The first-order valence-electron chi connectivity index (χ1n) is 16.0. The molecule has 0 N–H and O–H groups in total. The molecule has 0 heterocycles. The Labute approximate surface area is 218 Å². The topological polar surface area (TPSA) is 9.23 Å². The second-order valence-corrected chi connectivity index (χ2v) is 12.8. The van der Waals surface area contributed by atoms with Crippen LogP contribution < -0.4 is 4.74 Å². The molecular formula is C34H56O. The first-order valence-corrected chi connectivity index (χ1v) is 16.0. The Hall–Kier alpha value is -0.980. The minimum Gasteiger partial charge on any atom is -0.494 e. The highest BCUT2D eigenvalue weighted by atomic mass is 16.5. The van der Waals surface area contributed by atoms with Crippen LogP contribution >= 0.6 is 0 Å². The van der Waals surface area contributed by atoms with Crippen molar-refractivity contribution in [3.63, 3.8) is 0 Å². The van der Waals surface area contributed by atoms with Crippen LogP contribution in [0.25, 0.3) is 0 Å². The van der Waals surface area contributed by atoms with Gasteiger partial charge in [-0.1, -0.05) is 109 Å². The SMILES string of the molecule is CCCCCCCC1CCC(CCC2CCC3CC(c4ccc(OCCC)cc4)CCC3C2)CC1. The van der Waals surface area contributed by atoms with Crippen molar-refractivity contribution in [3.05, 3.63) is 29.8 Å². The van der Waals surface area contributed by atoms with Crippen LogP contribution in [0.15, 0.2) is 24.3 Å². The second-order valence-electron chi connectivity index (χ2n) is 12.8. The number of unbranched alkanes of at least 4 members (excludes halogenated alkanes) is 4. The van der Waals surface area contributed by atoms with Gasteiger partial charge in [-0.15, -0.1) is 0 Å². The summed E-state index contributed by atoms with van der Waals surface area (Å²) in [5, 5.41) is 0. The van der Waals surface area contributed by atoms with Crippen LogP contribution in [0.4, 0.5) is 0 Å². The molecule has 0 aliphatic heterocycles. The van der Waals surface area contributed by atoms with Gasteiger partial charge in [-0.05, 0) is 91.7 Å². The Kier molecular flexibility index (Phi) is 11.4. The third-order valence-electron chi connectivity index (χ3n) is 10.2. The summed E-state index contributed by atoms with van der Waals surface area (Å²) >= 11 is 0. The van der Waals surface area contributed by atoms with E-state index in [2.05, 4.69) is 38.1 Å². The number of benzene rings is 1.